The Morgan fingerprint density at radius 2 is 1.74 bits per heavy atom. The Bertz CT molecular complexity index is 927. The fourth-order valence-corrected chi connectivity index (χ4v) is 3.54. The summed E-state index contributed by atoms with van der Waals surface area (Å²) >= 11 is 0. The van der Waals surface area contributed by atoms with Crippen LogP contribution in [0.2, 0.25) is 0 Å². The normalized spacial score (nSPS) is 15.4. The minimum absolute atomic E-state index is 0.308. The fraction of sp³-hybridized carbons (Fsp3) is 0.286. The summed E-state index contributed by atoms with van der Waals surface area (Å²) < 4.78 is 10.7. The zero-order valence-electron chi connectivity index (χ0n) is 15.7. The summed E-state index contributed by atoms with van der Waals surface area (Å²) in [5, 5.41) is 12.6. The highest BCUT2D eigenvalue weighted by Crippen LogP contribution is 2.33. The number of ether oxygens (including phenoxy) is 2. The number of aliphatic carboxylic acids is 1. The van der Waals surface area contributed by atoms with Gasteiger partial charge in [-0.05, 0) is 55.0 Å². The van der Waals surface area contributed by atoms with Gasteiger partial charge < -0.3 is 29.7 Å². The monoisotopic (exact) mass is 368 g/mol. The van der Waals surface area contributed by atoms with E-state index >= 15 is 0 Å². The smallest absolute Gasteiger partial charge is 0.153 e. The number of benzene rings is 2. The van der Waals surface area contributed by atoms with Crippen molar-refractivity contribution in [3.63, 3.8) is 0 Å². The summed E-state index contributed by atoms with van der Waals surface area (Å²) in [5.74, 6) is 0.723. The lowest BCUT2D eigenvalue weighted by Crippen LogP contribution is -2.87. The molecule has 3 N–H and O–H groups in total. The first-order valence-electron chi connectivity index (χ1n) is 8.86. The molecule has 0 radical (unpaired) electrons. The number of carboxylic acids is 1. The summed E-state index contributed by atoms with van der Waals surface area (Å²) in [4.78, 5) is 12.5. The first-order chi connectivity index (χ1) is 13.0. The van der Waals surface area contributed by atoms with Crippen LogP contribution in [0.1, 0.15) is 29.8 Å². The molecule has 6 nitrogen and oxygen atoms in total. The highest BCUT2D eigenvalue weighted by atomic mass is 16.5. The summed E-state index contributed by atoms with van der Waals surface area (Å²) in [7, 11) is 3.42. The number of fused-ring (bicyclic) bond motifs is 3. The number of quaternary nitrogens is 1. The van der Waals surface area contributed by atoms with Crippen molar-refractivity contribution in [1.29, 1.82) is 0 Å². The summed E-state index contributed by atoms with van der Waals surface area (Å²) in [6.45, 7) is 2.06. The van der Waals surface area contributed by atoms with E-state index in [1.165, 1.54) is 27.7 Å². The molecule has 1 atom stereocenters. The van der Waals surface area contributed by atoms with Gasteiger partial charge in [-0.25, -0.2) is 0 Å². The van der Waals surface area contributed by atoms with E-state index in [0.717, 1.165) is 31.4 Å². The van der Waals surface area contributed by atoms with E-state index in [2.05, 4.69) is 34.6 Å². The third kappa shape index (κ3) is 4.06. The SMILES string of the molecule is CC(=O)[O-].COc1ccc([C@@H]2[NH2+]CCc3c2[nH]c2ccc(OC)cc32)cc1. The molecule has 3 aromatic rings. The number of rotatable bonds is 3. The van der Waals surface area contributed by atoms with Crippen LogP contribution in [0.15, 0.2) is 42.5 Å². The van der Waals surface area contributed by atoms with Gasteiger partial charge in [0.1, 0.15) is 11.5 Å². The molecule has 2 heterocycles. The van der Waals surface area contributed by atoms with E-state index in [1.807, 2.05) is 18.2 Å². The first-order valence-corrected chi connectivity index (χ1v) is 8.86. The van der Waals surface area contributed by atoms with Gasteiger partial charge in [-0.3, -0.25) is 0 Å². The van der Waals surface area contributed by atoms with Gasteiger partial charge in [0, 0.05) is 28.9 Å². The third-order valence-electron chi connectivity index (χ3n) is 4.73. The Morgan fingerprint density at radius 3 is 2.37 bits per heavy atom. The first kappa shape index (κ1) is 18.8. The van der Waals surface area contributed by atoms with Crippen molar-refractivity contribution in [1.82, 2.24) is 4.98 Å². The maximum Gasteiger partial charge on any atom is 0.153 e. The minimum atomic E-state index is -1.08. The molecule has 142 valence electrons. The van der Waals surface area contributed by atoms with E-state index in [0.29, 0.717) is 6.04 Å². The minimum Gasteiger partial charge on any atom is -0.550 e. The quantitative estimate of drug-likeness (QED) is 0.726. The second-order valence-corrected chi connectivity index (χ2v) is 6.45. The van der Waals surface area contributed by atoms with Gasteiger partial charge in [0.15, 0.2) is 6.04 Å². The Morgan fingerprint density at radius 1 is 1.11 bits per heavy atom. The van der Waals surface area contributed by atoms with Crippen LogP contribution in [0, 0.1) is 0 Å². The maximum absolute atomic E-state index is 8.89. The van der Waals surface area contributed by atoms with Crippen LogP contribution in [0.4, 0.5) is 0 Å². The van der Waals surface area contributed by atoms with Crippen molar-refractivity contribution in [2.24, 2.45) is 0 Å². The Kier molecular flexibility index (Phi) is 5.66. The lowest BCUT2D eigenvalue weighted by Gasteiger charge is -2.21. The number of carbonyl (C=O) groups excluding carboxylic acids is 1. The highest BCUT2D eigenvalue weighted by molar-refractivity contribution is 5.86. The molecule has 0 spiro atoms. The van der Waals surface area contributed by atoms with Crippen LogP contribution in [-0.4, -0.2) is 31.7 Å². The number of hydrogen-bond donors (Lipinski definition) is 2. The molecule has 0 fully saturated rings. The molecule has 0 unspecified atom stereocenters. The van der Waals surface area contributed by atoms with Crippen molar-refractivity contribution in [2.75, 3.05) is 20.8 Å². The number of aromatic amines is 1. The van der Waals surface area contributed by atoms with Gasteiger partial charge in [-0.15, -0.1) is 0 Å². The number of nitrogens with one attached hydrogen (secondary N) is 1. The topological polar surface area (TPSA) is 91.0 Å². The van der Waals surface area contributed by atoms with Gasteiger partial charge >= 0.3 is 0 Å². The van der Waals surface area contributed by atoms with Crippen molar-refractivity contribution in [2.45, 2.75) is 19.4 Å². The predicted octanol–water partition coefficient (Wildman–Crippen LogP) is 1.15. The molecule has 2 aromatic carbocycles. The number of carboxylic acid groups (broad SMARTS) is 1. The van der Waals surface area contributed by atoms with Gasteiger partial charge in [-0.1, -0.05) is 0 Å². The van der Waals surface area contributed by atoms with Crippen molar-refractivity contribution in [3.8, 4) is 11.5 Å². The van der Waals surface area contributed by atoms with Gasteiger partial charge in [0.25, 0.3) is 0 Å². The fourth-order valence-electron chi connectivity index (χ4n) is 3.54. The van der Waals surface area contributed by atoms with Gasteiger partial charge in [0.2, 0.25) is 0 Å². The predicted molar refractivity (Wildman–Crippen MR) is 101 cm³/mol. The second-order valence-electron chi connectivity index (χ2n) is 6.45. The van der Waals surface area contributed by atoms with E-state index in [-0.39, 0.29) is 0 Å². The lowest BCUT2D eigenvalue weighted by atomic mass is 9.94. The van der Waals surface area contributed by atoms with Crippen LogP contribution in [0.3, 0.4) is 0 Å². The van der Waals surface area contributed by atoms with Crippen molar-refractivity contribution in [3.05, 3.63) is 59.3 Å². The summed E-state index contributed by atoms with van der Waals surface area (Å²) in [6, 6.07) is 14.9. The average molecular weight is 368 g/mol. The van der Waals surface area contributed by atoms with Crippen LogP contribution >= 0.6 is 0 Å². The zero-order chi connectivity index (χ0) is 19.4. The summed E-state index contributed by atoms with van der Waals surface area (Å²) in [6.07, 6.45) is 1.08. The van der Waals surface area contributed by atoms with Gasteiger partial charge in [0.05, 0.1) is 26.5 Å². The molecule has 0 saturated heterocycles. The molecule has 4 rings (SSSR count). The average Bonchev–Trinajstić information content (AvgIpc) is 3.05. The molecule has 6 heteroatoms. The molecule has 1 aliphatic rings. The third-order valence-corrected chi connectivity index (χ3v) is 4.73. The molecule has 0 aliphatic carbocycles. The van der Waals surface area contributed by atoms with Crippen LogP contribution < -0.4 is 19.9 Å². The molecule has 0 amide bonds. The highest BCUT2D eigenvalue weighted by Gasteiger charge is 2.28. The molecular weight excluding hydrogens is 344 g/mol. The standard InChI is InChI=1S/C19H20N2O2.C2H4O2/c1-22-13-5-3-12(4-6-13)18-19-15(9-10-20-18)16-11-14(23-2)7-8-17(16)21-19;1-2(3)4/h3-8,11,18,20-21H,9-10H2,1-2H3;1H3,(H,3,4)/t18-;/m0./s1. The number of methoxy groups -OCH3 is 2. The second kappa shape index (κ2) is 8.14. The summed E-state index contributed by atoms with van der Waals surface area (Å²) in [5.41, 5.74) is 5.21. The molecule has 1 aliphatic heterocycles. The zero-order valence-corrected chi connectivity index (χ0v) is 15.7. The number of hydrogen-bond acceptors (Lipinski definition) is 4. The van der Waals surface area contributed by atoms with Crippen LogP contribution in [0.25, 0.3) is 10.9 Å². The van der Waals surface area contributed by atoms with E-state index < -0.39 is 5.97 Å². The molecule has 0 bridgehead atoms. The van der Waals surface area contributed by atoms with E-state index in [9.17, 15) is 0 Å². The van der Waals surface area contributed by atoms with Crippen LogP contribution in [0.5, 0.6) is 11.5 Å². The van der Waals surface area contributed by atoms with Crippen molar-refractivity contribution >= 4 is 16.9 Å². The molecule has 27 heavy (non-hydrogen) atoms. The Labute approximate surface area is 158 Å². The van der Waals surface area contributed by atoms with E-state index in [1.54, 1.807) is 14.2 Å². The molecule has 0 saturated carbocycles. The van der Waals surface area contributed by atoms with Crippen molar-refractivity contribution < 1.29 is 24.7 Å². The Balaban J connectivity index is 0.000000481. The Hall–Kier alpha value is -2.99. The number of aromatic nitrogens is 1. The molecule has 1 aromatic heterocycles. The lowest BCUT2D eigenvalue weighted by molar-refractivity contribution is -0.690. The number of H-pyrrole nitrogens is 1. The van der Waals surface area contributed by atoms with Gasteiger partial charge in [-0.2, -0.15) is 0 Å². The van der Waals surface area contributed by atoms with E-state index in [4.69, 9.17) is 19.4 Å². The largest absolute Gasteiger partial charge is 0.550 e. The number of nitrogens with two attached hydrogens (primary N) is 1. The van der Waals surface area contributed by atoms with Crippen LogP contribution in [-0.2, 0) is 11.2 Å². The number of carbonyl (C=O) groups is 1. The maximum atomic E-state index is 8.89. The molecular formula is C21H24N2O4.